The second-order valence-corrected chi connectivity index (χ2v) is 9.41. The van der Waals surface area contributed by atoms with Crippen molar-refractivity contribution in [3.63, 3.8) is 0 Å². The minimum absolute atomic E-state index is 0.0562. The molecular weight excluding hydrogens is 429 g/mol. The number of hydrogen-bond acceptors (Lipinski definition) is 6. The molecule has 0 unspecified atom stereocenters. The van der Waals surface area contributed by atoms with Crippen LogP contribution in [-0.2, 0) is 0 Å². The third kappa shape index (κ3) is 4.54. The summed E-state index contributed by atoms with van der Waals surface area (Å²) in [5.41, 5.74) is 3.05. The average Bonchev–Trinajstić information content (AvgIpc) is 3.27. The predicted molar refractivity (Wildman–Crippen MR) is 123 cm³/mol. The summed E-state index contributed by atoms with van der Waals surface area (Å²) < 4.78 is 15.4. The first kappa shape index (κ1) is 23.9. The summed E-state index contributed by atoms with van der Waals surface area (Å²) in [6, 6.07) is 6.05. The molecule has 1 aromatic carbocycles. The van der Waals surface area contributed by atoms with Crippen LogP contribution < -0.4 is 0 Å². The Morgan fingerprint density at radius 1 is 1.12 bits per heavy atom. The van der Waals surface area contributed by atoms with Crippen molar-refractivity contribution in [1.82, 2.24) is 24.6 Å². The standard InChI is InChI=1S/C23H28FN5O2S/c1-12-19(15(4)30)13(2)25-20(12)21(31)16(5)32-23-27-26-22(14(3)28(6)7)29(23)18-10-8-17(24)9-11-18/h8-11,14,16,25H,1-7H3/t14-,16-/m1/s1. The van der Waals surface area contributed by atoms with Crippen molar-refractivity contribution in [3.05, 3.63) is 58.4 Å². The van der Waals surface area contributed by atoms with Crippen LogP contribution in [0.1, 0.15) is 64.7 Å². The van der Waals surface area contributed by atoms with Crippen LogP contribution in [0.3, 0.4) is 0 Å². The molecule has 0 spiro atoms. The molecule has 7 nitrogen and oxygen atoms in total. The van der Waals surface area contributed by atoms with Crippen molar-refractivity contribution in [2.24, 2.45) is 0 Å². The van der Waals surface area contributed by atoms with Crippen molar-refractivity contribution in [1.29, 1.82) is 0 Å². The van der Waals surface area contributed by atoms with Gasteiger partial charge in [0.15, 0.2) is 22.5 Å². The Bertz CT molecular complexity index is 1150. The molecule has 3 aromatic rings. The van der Waals surface area contributed by atoms with E-state index < -0.39 is 5.25 Å². The van der Waals surface area contributed by atoms with E-state index >= 15 is 0 Å². The molecule has 2 atom stereocenters. The fourth-order valence-corrected chi connectivity index (χ4v) is 4.56. The number of ketones is 2. The lowest BCUT2D eigenvalue weighted by Gasteiger charge is -2.21. The lowest BCUT2D eigenvalue weighted by molar-refractivity contribution is 0.0988. The highest BCUT2D eigenvalue weighted by Gasteiger charge is 2.28. The van der Waals surface area contributed by atoms with E-state index in [4.69, 9.17) is 0 Å². The van der Waals surface area contributed by atoms with Gasteiger partial charge in [-0.15, -0.1) is 10.2 Å². The van der Waals surface area contributed by atoms with Crippen LogP contribution in [0, 0.1) is 19.7 Å². The van der Waals surface area contributed by atoms with Gasteiger partial charge in [0.05, 0.1) is 17.0 Å². The highest BCUT2D eigenvalue weighted by atomic mass is 32.2. The van der Waals surface area contributed by atoms with E-state index in [1.54, 1.807) is 32.9 Å². The van der Waals surface area contributed by atoms with Crippen LogP contribution in [0.2, 0.25) is 0 Å². The van der Waals surface area contributed by atoms with Crippen molar-refractivity contribution in [3.8, 4) is 5.69 Å². The Morgan fingerprint density at radius 2 is 1.75 bits per heavy atom. The smallest absolute Gasteiger partial charge is 0.196 e. The summed E-state index contributed by atoms with van der Waals surface area (Å²) in [5, 5.41) is 8.77. The number of benzene rings is 1. The van der Waals surface area contributed by atoms with Crippen molar-refractivity contribution in [2.75, 3.05) is 14.1 Å². The fourth-order valence-electron chi connectivity index (χ4n) is 3.63. The summed E-state index contributed by atoms with van der Waals surface area (Å²) >= 11 is 1.28. The van der Waals surface area contributed by atoms with Gasteiger partial charge in [-0.2, -0.15) is 0 Å². The van der Waals surface area contributed by atoms with Crippen LogP contribution in [0.4, 0.5) is 4.39 Å². The minimum atomic E-state index is -0.488. The van der Waals surface area contributed by atoms with Gasteiger partial charge in [0.2, 0.25) is 0 Å². The Morgan fingerprint density at radius 3 is 2.28 bits per heavy atom. The number of Topliss-reactive ketones (excluding diaryl/α,β-unsaturated/α-hetero) is 2. The number of carbonyl (C=O) groups is 2. The average molecular weight is 458 g/mol. The van der Waals surface area contributed by atoms with E-state index in [1.807, 2.05) is 30.5 Å². The largest absolute Gasteiger partial charge is 0.355 e. The number of aryl methyl sites for hydroxylation is 1. The molecule has 0 aliphatic heterocycles. The molecule has 1 N–H and O–H groups in total. The number of aromatic amines is 1. The molecule has 0 bridgehead atoms. The molecule has 9 heteroatoms. The van der Waals surface area contributed by atoms with Crippen LogP contribution in [0.25, 0.3) is 5.69 Å². The zero-order valence-corrected chi connectivity index (χ0v) is 20.2. The van der Waals surface area contributed by atoms with Gasteiger partial charge >= 0.3 is 0 Å². The number of rotatable bonds is 8. The highest BCUT2D eigenvalue weighted by molar-refractivity contribution is 8.00. The SMILES string of the molecule is CC(=O)c1c(C)[nH]c(C(=O)[C@@H](C)Sc2nnc([C@@H](C)N(C)C)n2-c2ccc(F)cc2)c1C. The van der Waals surface area contributed by atoms with Gasteiger partial charge in [-0.25, -0.2) is 4.39 Å². The minimum Gasteiger partial charge on any atom is -0.355 e. The molecule has 0 amide bonds. The van der Waals surface area contributed by atoms with Crippen molar-refractivity contribution in [2.45, 2.75) is 51.1 Å². The molecule has 0 saturated heterocycles. The predicted octanol–water partition coefficient (Wildman–Crippen LogP) is 4.54. The van der Waals surface area contributed by atoms with E-state index in [-0.39, 0.29) is 23.4 Å². The Balaban J connectivity index is 1.98. The van der Waals surface area contributed by atoms with E-state index in [0.717, 1.165) is 0 Å². The number of thioether (sulfide) groups is 1. The van der Waals surface area contributed by atoms with Crippen molar-refractivity contribution >= 4 is 23.3 Å². The Hall–Kier alpha value is -2.78. The van der Waals surface area contributed by atoms with Crippen LogP contribution in [0.5, 0.6) is 0 Å². The van der Waals surface area contributed by atoms with Gasteiger partial charge in [-0.1, -0.05) is 11.8 Å². The maximum absolute atomic E-state index is 13.5. The number of H-pyrrole nitrogens is 1. The molecule has 0 fully saturated rings. The van der Waals surface area contributed by atoms with Gasteiger partial charge in [0, 0.05) is 16.9 Å². The monoisotopic (exact) mass is 457 g/mol. The van der Waals surface area contributed by atoms with Gasteiger partial charge in [-0.05, 0) is 78.5 Å². The molecule has 0 saturated carbocycles. The third-order valence-electron chi connectivity index (χ3n) is 5.58. The zero-order chi connectivity index (χ0) is 23.7. The summed E-state index contributed by atoms with van der Waals surface area (Å²) in [5.74, 6) is 0.156. The number of aromatic nitrogens is 4. The van der Waals surface area contributed by atoms with Crippen LogP contribution in [0.15, 0.2) is 29.4 Å². The fraction of sp³-hybridized carbons (Fsp3) is 0.391. The van der Waals surface area contributed by atoms with Crippen LogP contribution in [-0.4, -0.2) is 55.6 Å². The summed E-state index contributed by atoms with van der Waals surface area (Å²) in [4.78, 5) is 30.2. The number of hydrogen-bond donors (Lipinski definition) is 1. The second-order valence-electron chi connectivity index (χ2n) is 8.10. The van der Waals surface area contributed by atoms with Gasteiger partial charge in [-0.3, -0.25) is 19.1 Å². The van der Waals surface area contributed by atoms with Gasteiger partial charge < -0.3 is 4.98 Å². The molecule has 3 rings (SSSR count). The first-order valence-electron chi connectivity index (χ1n) is 10.3. The summed E-state index contributed by atoms with van der Waals surface area (Å²) in [6.07, 6.45) is 0. The second kappa shape index (κ2) is 9.38. The normalized spacial score (nSPS) is 13.4. The van der Waals surface area contributed by atoms with Gasteiger partial charge in [0.1, 0.15) is 5.82 Å². The quantitative estimate of drug-likeness (QED) is 0.395. The first-order chi connectivity index (χ1) is 15.0. The highest BCUT2D eigenvalue weighted by Crippen LogP contribution is 2.31. The number of nitrogens with one attached hydrogen (secondary N) is 1. The Labute approximate surface area is 191 Å². The van der Waals surface area contributed by atoms with E-state index in [9.17, 15) is 14.0 Å². The third-order valence-corrected chi connectivity index (χ3v) is 6.62. The lowest BCUT2D eigenvalue weighted by atomic mass is 10.0. The molecule has 0 aliphatic carbocycles. The summed E-state index contributed by atoms with van der Waals surface area (Å²) in [6.45, 7) is 8.87. The molecule has 2 aromatic heterocycles. The maximum atomic E-state index is 13.5. The van der Waals surface area contributed by atoms with Crippen LogP contribution >= 0.6 is 11.8 Å². The number of nitrogens with zero attached hydrogens (tertiary/aromatic N) is 4. The molecule has 0 aliphatic rings. The van der Waals surface area contributed by atoms with E-state index in [0.29, 0.717) is 39.2 Å². The lowest BCUT2D eigenvalue weighted by Crippen LogP contribution is -2.21. The first-order valence-corrected chi connectivity index (χ1v) is 11.2. The molecule has 170 valence electrons. The molecule has 0 radical (unpaired) electrons. The van der Waals surface area contributed by atoms with E-state index in [1.165, 1.54) is 30.8 Å². The molecule has 32 heavy (non-hydrogen) atoms. The Kier molecular flexibility index (Phi) is 7.00. The number of carbonyl (C=O) groups excluding carboxylic acids is 2. The van der Waals surface area contributed by atoms with E-state index in [2.05, 4.69) is 15.2 Å². The topological polar surface area (TPSA) is 83.9 Å². The summed E-state index contributed by atoms with van der Waals surface area (Å²) in [7, 11) is 3.88. The maximum Gasteiger partial charge on any atom is 0.196 e. The number of halogens is 1. The van der Waals surface area contributed by atoms with Crippen molar-refractivity contribution < 1.29 is 14.0 Å². The zero-order valence-electron chi connectivity index (χ0n) is 19.4. The molecule has 2 heterocycles. The molecular formula is C23H28FN5O2S. The van der Waals surface area contributed by atoms with Gasteiger partial charge in [0.25, 0.3) is 0 Å².